The van der Waals surface area contributed by atoms with Crippen molar-refractivity contribution in [2.75, 3.05) is 20.3 Å². The normalized spacial score (nSPS) is 22.6. The van der Waals surface area contributed by atoms with E-state index in [2.05, 4.69) is 4.98 Å². The van der Waals surface area contributed by atoms with E-state index in [1.165, 1.54) is 14.0 Å². The molecule has 1 fully saturated rings. The van der Waals surface area contributed by atoms with E-state index in [1.54, 1.807) is 0 Å². The molecule has 0 bridgehead atoms. The van der Waals surface area contributed by atoms with Crippen molar-refractivity contribution in [2.45, 2.75) is 25.5 Å². The lowest BCUT2D eigenvalue weighted by molar-refractivity contribution is -0.0310. The van der Waals surface area contributed by atoms with E-state index < -0.39 is 16.9 Å². The summed E-state index contributed by atoms with van der Waals surface area (Å²) in [6.07, 6.45) is 1.74. The molecule has 19 heavy (non-hydrogen) atoms. The molecule has 0 radical (unpaired) electrons. The Morgan fingerprint density at radius 1 is 1.58 bits per heavy atom. The number of carbonyl (C=O) groups is 1. The summed E-state index contributed by atoms with van der Waals surface area (Å²) in [6.45, 7) is 2.19. The fraction of sp³-hybridized carbons (Fsp3) is 0.583. The number of nitrogens with one attached hydrogen (secondary N) is 1. The Hall–Kier alpha value is -1.73. The number of nitrogens with zero attached hydrogens (tertiary/aromatic N) is 1. The summed E-state index contributed by atoms with van der Waals surface area (Å²) in [5.74, 6) is -0.385. The van der Waals surface area contributed by atoms with Gasteiger partial charge < -0.3 is 14.5 Å². The first-order valence-electron chi connectivity index (χ1n) is 5.95. The zero-order valence-corrected chi connectivity index (χ0v) is 10.9. The maximum Gasteiger partial charge on any atom is 0.328 e. The Bertz CT molecular complexity index is 595. The number of Topliss-reactive ketones (excluding diaryl/α,β-unsaturated/α-hetero) is 1. The minimum Gasteiger partial charge on any atom is -0.378 e. The number of rotatable bonds is 4. The van der Waals surface area contributed by atoms with Gasteiger partial charge in [0.2, 0.25) is 0 Å². The third-order valence-electron chi connectivity index (χ3n) is 3.39. The fourth-order valence-electron chi connectivity index (χ4n) is 2.13. The van der Waals surface area contributed by atoms with Gasteiger partial charge in [-0.15, -0.1) is 0 Å². The van der Waals surface area contributed by atoms with E-state index in [0.717, 1.165) is 10.8 Å². The van der Waals surface area contributed by atoms with Crippen LogP contribution in [0.5, 0.6) is 0 Å². The predicted molar refractivity (Wildman–Crippen MR) is 66.5 cm³/mol. The standard InChI is InChI=1S/C12H16N2O5/c1-8(15)9-5-13-11(17)14(10(9)16)6-12(18-2)3-4-19-7-12/h5H,3-4,6-7H2,1-2H3,(H,13,17). The van der Waals surface area contributed by atoms with Gasteiger partial charge in [-0.05, 0) is 6.92 Å². The number of ketones is 1. The second kappa shape index (κ2) is 5.10. The van der Waals surface area contributed by atoms with Crippen LogP contribution in [-0.4, -0.2) is 41.3 Å². The highest BCUT2D eigenvalue weighted by atomic mass is 16.5. The van der Waals surface area contributed by atoms with E-state index in [1.807, 2.05) is 0 Å². The zero-order valence-electron chi connectivity index (χ0n) is 10.9. The zero-order chi connectivity index (χ0) is 14.0. The van der Waals surface area contributed by atoms with E-state index in [9.17, 15) is 14.4 Å². The molecule has 0 aliphatic carbocycles. The molecule has 1 aromatic heterocycles. The van der Waals surface area contributed by atoms with Crippen molar-refractivity contribution in [3.05, 3.63) is 32.6 Å². The average molecular weight is 268 g/mol. The first-order valence-corrected chi connectivity index (χ1v) is 5.95. The summed E-state index contributed by atoms with van der Waals surface area (Å²) in [6, 6.07) is 0. The summed E-state index contributed by atoms with van der Waals surface area (Å²) >= 11 is 0. The molecular weight excluding hydrogens is 252 g/mol. The molecule has 7 heteroatoms. The molecule has 1 aliphatic rings. The molecule has 0 spiro atoms. The molecule has 0 amide bonds. The number of H-pyrrole nitrogens is 1. The van der Waals surface area contributed by atoms with Crippen LogP contribution >= 0.6 is 0 Å². The number of aromatic nitrogens is 2. The molecule has 1 N–H and O–H groups in total. The molecule has 104 valence electrons. The van der Waals surface area contributed by atoms with Crippen LogP contribution in [0, 0.1) is 0 Å². The van der Waals surface area contributed by atoms with Crippen LogP contribution in [0.1, 0.15) is 23.7 Å². The van der Waals surface area contributed by atoms with Gasteiger partial charge in [0.25, 0.3) is 5.56 Å². The molecule has 1 unspecified atom stereocenters. The Labute approximate surface area is 109 Å². The average Bonchev–Trinajstić information content (AvgIpc) is 2.83. The van der Waals surface area contributed by atoms with Crippen molar-refractivity contribution in [3.63, 3.8) is 0 Å². The van der Waals surface area contributed by atoms with Crippen LogP contribution < -0.4 is 11.2 Å². The molecular formula is C12H16N2O5. The summed E-state index contributed by atoms with van der Waals surface area (Å²) in [5, 5.41) is 0. The van der Waals surface area contributed by atoms with E-state index in [4.69, 9.17) is 9.47 Å². The van der Waals surface area contributed by atoms with Gasteiger partial charge in [0.05, 0.1) is 18.7 Å². The van der Waals surface area contributed by atoms with Crippen molar-refractivity contribution in [2.24, 2.45) is 0 Å². The van der Waals surface area contributed by atoms with Gasteiger partial charge in [0, 0.05) is 26.3 Å². The lowest BCUT2D eigenvalue weighted by atomic mass is 10.0. The molecule has 1 saturated heterocycles. The summed E-state index contributed by atoms with van der Waals surface area (Å²) in [4.78, 5) is 37.6. The van der Waals surface area contributed by atoms with Gasteiger partial charge in [0.1, 0.15) is 5.60 Å². The van der Waals surface area contributed by atoms with Crippen LogP contribution in [-0.2, 0) is 16.0 Å². The number of ether oxygens (including phenoxy) is 2. The van der Waals surface area contributed by atoms with Crippen LogP contribution in [0.3, 0.4) is 0 Å². The predicted octanol–water partition coefficient (Wildman–Crippen LogP) is -0.455. The quantitative estimate of drug-likeness (QED) is 0.746. The van der Waals surface area contributed by atoms with Gasteiger partial charge in [0.15, 0.2) is 5.78 Å². The topological polar surface area (TPSA) is 90.4 Å². The Morgan fingerprint density at radius 2 is 2.32 bits per heavy atom. The van der Waals surface area contributed by atoms with E-state index >= 15 is 0 Å². The number of hydrogen-bond acceptors (Lipinski definition) is 5. The molecule has 1 atom stereocenters. The minimum atomic E-state index is -0.688. The minimum absolute atomic E-state index is 0.0373. The summed E-state index contributed by atoms with van der Waals surface area (Å²) in [7, 11) is 1.52. The number of carbonyl (C=O) groups excluding carboxylic acids is 1. The SMILES string of the molecule is COC1(Cn2c(=O)[nH]cc(C(C)=O)c2=O)CCOC1. The highest BCUT2D eigenvalue weighted by Crippen LogP contribution is 2.23. The molecule has 0 saturated carbocycles. The summed E-state index contributed by atoms with van der Waals surface area (Å²) < 4.78 is 11.6. The Kier molecular flexibility index (Phi) is 3.68. The van der Waals surface area contributed by atoms with E-state index in [-0.39, 0.29) is 17.9 Å². The molecule has 1 aliphatic heterocycles. The first-order chi connectivity index (χ1) is 8.99. The molecule has 0 aromatic carbocycles. The lowest BCUT2D eigenvalue weighted by Crippen LogP contribution is -2.47. The van der Waals surface area contributed by atoms with Crippen LogP contribution in [0.2, 0.25) is 0 Å². The monoisotopic (exact) mass is 268 g/mol. The number of aromatic amines is 1. The van der Waals surface area contributed by atoms with Gasteiger partial charge in [-0.2, -0.15) is 0 Å². The van der Waals surface area contributed by atoms with Crippen molar-refractivity contribution < 1.29 is 14.3 Å². The van der Waals surface area contributed by atoms with Crippen LogP contribution in [0.25, 0.3) is 0 Å². The third-order valence-corrected chi connectivity index (χ3v) is 3.39. The number of hydrogen-bond donors (Lipinski definition) is 1. The second-order valence-electron chi connectivity index (χ2n) is 4.64. The molecule has 7 nitrogen and oxygen atoms in total. The molecule has 2 heterocycles. The van der Waals surface area contributed by atoms with Crippen molar-refractivity contribution >= 4 is 5.78 Å². The fourth-order valence-corrected chi connectivity index (χ4v) is 2.13. The van der Waals surface area contributed by atoms with Crippen molar-refractivity contribution in [1.82, 2.24) is 9.55 Å². The van der Waals surface area contributed by atoms with Crippen LogP contribution in [0.15, 0.2) is 15.8 Å². The maximum atomic E-state index is 12.1. The second-order valence-corrected chi connectivity index (χ2v) is 4.64. The van der Waals surface area contributed by atoms with Crippen molar-refractivity contribution in [3.8, 4) is 0 Å². The maximum absolute atomic E-state index is 12.1. The third kappa shape index (κ3) is 2.52. The highest BCUT2D eigenvalue weighted by Gasteiger charge is 2.36. The molecule has 2 rings (SSSR count). The Morgan fingerprint density at radius 3 is 2.84 bits per heavy atom. The van der Waals surface area contributed by atoms with Gasteiger partial charge in [-0.3, -0.25) is 14.2 Å². The smallest absolute Gasteiger partial charge is 0.328 e. The van der Waals surface area contributed by atoms with E-state index in [0.29, 0.717) is 19.6 Å². The highest BCUT2D eigenvalue weighted by molar-refractivity contribution is 5.93. The largest absolute Gasteiger partial charge is 0.378 e. The van der Waals surface area contributed by atoms with Gasteiger partial charge >= 0.3 is 5.69 Å². The Balaban J connectivity index is 2.45. The number of methoxy groups -OCH3 is 1. The van der Waals surface area contributed by atoms with Gasteiger partial charge in [-0.1, -0.05) is 0 Å². The first kappa shape index (κ1) is 13.7. The lowest BCUT2D eigenvalue weighted by Gasteiger charge is -2.25. The summed E-state index contributed by atoms with van der Waals surface area (Å²) in [5.41, 5.74) is -1.88. The molecule has 1 aromatic rings. The van der Waals surface area contributed by atoms with Gasteiger partial charge in [-0.25, -0.2) is 4.79 Å². The van der Waals surface area contributed by atoms with Crippen LogP contribution in [0.4, 0.5) is 0 Å². The van der Waals surface area contributed by atoms with Crippen molar-refractivity contribution in [1.29, 1.82) is 0 Å².